The van der Waals surface area contributed by atoms with Gasteiger partial charge in [-0.2, -0.15) is 0 Å². The second kappa shape index (κ2) is 9.28. The number of hydrogen-bond donors (Lipinski definition) is 0. The molecular weight excluding hydrogens is 412 g/mol. The van der Waals surface area contributed by atoms with Crippen molar-refractivity contribution in [3.63, 3.8) is 0 Å². The van der Waals surface area contributed by atoms with Crippen LogP contribution in [0.5, 0.6) is 5.88 Å². The van der Waals surface area contributed by atoms with Gasteiger partial charge in [0.15, 0.2) is 8.32 Å². The van der Waals surface area contributed by atoms with E-state index in [-0.39, 0.29) is 17.4 Å². The van der Waals surface area contributed by atoms with E-state index in [4.69, 9.17) is 13.9 Å². The zero-order valence-corrected chi connectivity index (χ0v) is 21.5. The minimum atomic E-state index is -1.96. The molecule has 1 atom stereocenters. The van der Waals surface area contributed by atoms with E-state index >= 15 is 0 Å². The third kappa shape index (κ3) is 6.52. The van der Waals surface area contributed by atoms with Crippen LogP contribution >= 0.6 is 0 Å². The van der Waals surface area contributed by atoms with Crippen molar-refractivity contribution in [2.75, 3.05) is 20.2 Å². The Bertz CT molecular complexity index is 811. The van der Waals surface area contributed by atoms with Gasteiger partial charge >= 0.3 is 6.09 Å². The Kier molecular flexibility index (Phi) is 7.58. The number of carbonyl (C=O) groups is 2. The lowest BCUT2D eigenvalue weighted by Gasteiger charge is -2.36. The topological polar surface area (TPSA) is 78.0 Å². The molecule has 1 amide bonds. The number of hydrogen-bond acceptors (Lipinski definition) is 6. The third-order valence-corrected chi connectivity index (χ3v) is 10.5. The number of methoxy groups -OCH3 is 1. The van der Waals surface area contributed by atoms with Crippen LogP contribution in [0.2, 0.25) is 18.1 Å². The van der Waals surface area contributed by atoms with Gasteiger partial charge in [0.1, 0.15) is 11.4 Å². The first-order valence-corrected chi connectivity index (χ1v) is 13.7. The zero-order chi connectivity index (χ0) is 23.6. The molecule has 1 aromatic heterocycles. The molecule has 0 aliphatic carbocycles. The number of amides is 1. The van der Waals surface area contributed by atoms with Crippen molar-refractivity contribution in [2.24, 2.45) is 0 Å². The van der Waals surface area contributed by atoms with Crippen molar-refractivity contribution in [1.29, 1.82) is 0 Å². The van der Waals surface area contributed by atoms with E-state index in [1.165, 1.54) is 0 Å². The van der Waals surface area contributed by atoms with Crippen LogP contribution in [0.15, 0.2) is 12.3 Å². The SMILES string of the molecule is COc1ncc([C@H]2CN(C(=O)OC(C)(C)C)CCC2=O)cc1CO[Si](C)(C)C(C)(C)C. The molecule has 0 radical (unpaired) electrons. The molecule has 0 saturated carbocycles. The molecule has 1 saturated heterocycles. The van der Waals surface area contributed by atoms with Gasteiger partial charge in [0.05, 0.1) is 19.6 Å². The quantitative estimate of drug-likeness (QED) is 0.594. The summed E-state index contributed by atoms with van der Waals surface area (Å²) in [6.07, 6.45) is 1.56. The third-order valence-electron chi connectivity index (χ3n) is 6.01. The number of ether oxygens (including phenoxy) is 2. The first-order chi connectivity index (χ1) is 14.1. The molecule has 1 aliphatic rings. The average Bonchev–Trinajstić information content (AvgIpc) is 2.64. The molecule has 31 heavy (non-hydrogen) atoms. The van der Waals surface area contributed by atoms with E-state index in [1.54, 1.807) is 18.2 Å². The highest BCUT2D eigenvalue weighted by molar-refractivity contribution is 6.74. The predicted molar refractivity (Wildman–Crippen MR) is 123 cm³/mol. The standard InChI is InChI=1S/C23H38N2O5Si/c1-22(2,3)30-21(27)25-11-10-19(26)18(14-25)16-12-17(20(28-7)24-13-16)15-29-31(8,9)23(4,5)6/h12-13,18H,10-11,14-15H2,1-9H3/t18-/m1/s1. The van der Waals surface area contributed by atoms with Crippen LogP contribution in [-0.2, 0) is 20.6 Å². The van der Waals surface area contributed by atoms with Crippen LogP contribution in [0.4, 0.5) is 4.79 Å². The Balaban J connectivity index is 2.24. The van der Waals surface area contributed by atoms with Gasteiger partial charge in [0.25, 0.3) is 0 Å². The maximum atomic E-state index is 12.7. The number of ketones is 1. The van der Waals surface area contributed by atoms with Crippen molar-refractivity contribution < 1.29 is 23.5 Å². The molecule has 2 heterocycles. The van der Waals surface area contributed by atoms with Crippen molar-refractivity contribution in [3.8, 4) is 5.88 Å². The molecular formula is C23H38N2O5Si. The number of Topliss-reactive ketones (excluding diaryl/α,β-unsaturated/α-hetero) is 1. The first-order valence-electron chi connectivity index (χ1n) is 10.8. The van der Waals surface area contributed by atoms with E-state index in [2.05, 4.69) is 38.8 Å². The molecule has 8 heteroatoms. The summed E-state index contributed by atoms with van der Waals surface area (Å²) < 4.78 is 17.3. The second-order valence-electron chi connectivity index (χ2n) is 10.7. The summed E-state index contributed by atoms with van der Waals surface area (Å²) >= 11 is 0. The minimum Gasteiger partial charge on any atom is -0.481 e. The molecule has 1 aromatic rings. The predicted octanol–water partition coefficient (Wildman–Crippen LogP) is 4.91. The highest BCUT2D eigenvalue weighted by atomic mass is 28.4. The maximum Gasteiger partial charge on any atom is 0.410 e. The largest absolute Gasteiger partial charge is 0.481 e. The molecule has 0 aromatic carbocycles. The maximum absolute atomic E-state index is 12.7. The molecule has 0 bridgehead atoms. The van der Waals surface area contributed by atoms with Crippen molar-refractivity contribution >= 4 is 20.2 Å². The van der Waals surface area contributed by atoms with Crippen LogP contribution in [0, 0.1) is 0 Å². The molecule has 0 N–H and O–H groups in total. The van der Waals surface area contributed by atoms with Crippen LogP contribution in [-0.4, -0.2) is 55.9 Å². The Labute approximate surface area is 187 Å². The molecule has 1 fully saturated rings. The number of likely N-dealkylation sites (tertiary alicyclic amines) is 1. The highest BCUT2D eigenvalue weighted by Gasteiger charge is 2.38. The molecule has 0 spiro atoms. The van der Waals surface area contributed by atoms with Crippen LogP contribution in [0.3, 0.4) is 0 Å². The smallest absolute Gasteiger partial charge is 0.410 e. The van der Waals surface area contributed by atoms with E-state index in [9.17, 15) is 9.59 Å². The summed E-state index contributed by atoms with van der Waals surface area (Å²) in [5.74, 6) is 0.157. The molecule has 0 unspecified atom stereocenters. The molecule has 1 aliphatic heterocycles. The first kappa shape index (κ1) is 25.3. The fourth-order valence-electron chi connectivity index (χ4n) is 3.09. The zero-order valence-electron chi connectivity index (χ0n) is 20.5. The van der Waals surface area contributed by atoms with Gasteiger partial charge < -0.3 is 18.8 Å². The Hall–Kier alpha value is -1.93. The lowest BCUT2D eigenvalue weighted by Crippen LogP contribution is -2.45. The van der Waals surface area contributed by atoms with Crippen LogP contribution in [0.1, 0.15) is 65.0 Å². The summed E-state index contributed by atoms with van der Waals surface area (Å²) in [6, 6.07) is 1.93. The summed E-state index contributed by atoms with van der Waals surface area (Å²) in [7, 11) is -0.385. The van der Waals surface area contributed by atoms with E-state index in [1.807, 2.05) is 26.8 Å². The number of nitrogens with zero attached hydrogens (tertiary/aromatic N) is 2. The van der Waals surface area contributed by atoms with E-state index < -0.39 is 25.9 Å². The van der Waals surface area contributed by atoms with Crippen LogP contribution < -0.4 is 4.74 Å². The number of carbonyl (C=O) groups excluding carboxylic acids is 2. The van der Waals surface area contributed by atoms with Gasteiger partial charge in [-0.05, 0) is 50.5 Å². The van der Waals surface area contributed by atoms with Gasteiger partial charge in [-0.25, -0.2) is 9.78 Å². The summed E-state index contributed by atoms with van der Waals surface area (Å²) in [5.41, 5.74) is 1.00. The number of piperidine rings is 1. The van der Waals surface area contributed by atoms with E-state index in [0.29, 0.717) is 25.5 Å². The lowest BCUT2D eigenvalue weighted by molar-refractivity contribution is -0.123. The molecule has 174 valence electrons. The van der Waals surface area contributed by atoms with Gasteiger partial charge in [-0.3, -0.25) is 4.79 Å². The van der Waals surface area contributed by atoms with Crippen molar-refractivity contribution in [1.82, 2.24) is 9.88 Å². The Morgan fingerprint density at radius 1 is 1.23 bits per heavy atom. The Morgan fingerprint density at radius 3 is 2.42 bits per heavy atom. The number of pyridine rings is 1. The average molecular weight is 451 g/mol. The number of aromatic nitrogens is 1. The monoisotopic (exact) mass is 450 g/mol. The fourth-order valence-corrected chi connectivity index (χ4v) is 4.03. The fraction of sp³-hybridized carbons (Fsp3) is 0.696. The van der Waals surface area contributed by atoms with Gasteiger partial charge in [-0.1, -0.05) is 20.8 Å². The van der Waals surface area contributed by atoms with Crippen molar-refractivity contribution in [2.45, 2.75) is 84.2 Å². The lowest BCUT2D eigenvalue weighted by atomic mass is 9.90. The second-order valence-corrected chi connectivity index (χ2v) is 15.5. The van der Waals surface area contributed by atoms with Gasteiger partial charge in [0, 0.05) is 31.3 Å². The van der Waals surface area contributed by atoms with E-state index in [0.717, 1.165) is 11.1 Å². The molecule has 2 rings (SSSR count). The van der Waals surface area contributed by atoms with Gasteiger partial charge in [-0.15, -0.1) is 0 Å². The minimum absolute atomic E-state index is 0.0819. The van der Waals surface area contributed by atoms with Crippen LogP contribution in [0.25, 0.3) is 0 Å². The summed E-state index contributed by atoms with van der Waals surface area (Å²) in [4.78, 5) is 31.2. The highest BCUT2D eigenvalue weighted by Crippen LogP contribution is 2.38. The Morgan fingerprint density at radius 2 is 1.87 bits per heavy atom. The van der Waals surface area contributed by atoms with Gasteiger partial charge in [0.2, 0.25) is 5.88 Å². The van der Waals surface area contributed by atoms with Crippen molar-refractivity contribution in [3.05, 3.63) is 23.4 Å². The molecule has 7 nitrogen and oxygen atoms in total. The summed E-state index contributed by atoms with van der Waals surface area (Å²) in [6.45, 7) is 17.5. The number of rotatable bonds is 5. The normalized spacial score (nSPS) is 18.2. The summed E-state index contributed by atoms with van der Waals surface area (Å²) in [5, 5.41) is 0.0819.